The number of nitrogens with one attached hydrogen (secondary N) is 2. The fourth-order valence-electron chi connectivity index (χ4n) is 4.93. The summed E-state index contributed by atoms with van der Waals surface area (Å²) in [5.41, 5.74) is 2.97. The predicted octanol–water partition coefficient (Wildman–Crippen LogP) is 5.44. The molecule has 2 atom stereocenters. The van der Waals surface area contributed by atoms with Crippen molar-refractivity contribution in [3.05, 3.63) is 137 Å². The molecule has 0 saturated heterocycles. The molecule has 0 spiro atoms. The normalized spacial score (nSPS) is 14.0. The Morgan fingerprint density at radius 2 is 1.51 bits per heavy atom. The lowest BCUT2D eigenvalue weighted by Gasteiger charge is -2.23. The van der Waals surface area contributed by atoms with Crippen LogP contribution < -0.4 is 24.3 Å². The fraction of sp³-hybridized carbons (Fsp3) is 0.222. The Bertz CT molecular complexity index is 1820. The highest BCUT2D eigenvalue weighted by atomic mass is 32.2. The molecule has 11 heteroatoms. The van der Waals surface area contributed by atoms with Gasteiger partial charge in [0.1, 0.15) is 25.0 Å². The predicted molar refractivity (Wildman–Crippen MR) is 175 cm³/mol. The van der Waals surface area contributed by atoms with E-state index in [2.05, 4.69) is 10.6 Å². The highest BCUT2D eigenvalue weighted by Crippen LogP contribution is 2.30. The van der Waals surface area contributed by atoms with Crippen molar-refractivity contribution >= 4 is 21.9 Å². The highest BCUT2D eigenvalue weighted by molar-refractivity contribution is 7.90. The van der Waals surface area contributed by atoms with Crippen molar-refractivity contribution in [2.75, 3.05) is 13.2 Å². The molecule has 4 aromatic carbocycles. The zero-order valence-corrected chi connectivity index (χ0v) is 26.5. The molecule has 0 bridgehead atoms. The highest BCUT2D eigenvalue weighted by Gasteiger charge is 2.27. The van der Waals surface area contributed by atoms with E-state index in [0.717, 1.165) is 22.8 Å². The number of fused-ring (bicyclic) bond motifs is 1. The Kier molecular flexibility index (Phi) is 10.9. The molecule has 0 radical (unpaired) electrons. The van der Waals surface area contributed by atoms with Gasteiger partial charge < -0.3 is 24.3 Å². The van der Waals surface area contributed by atoms with Gasteiger partial charge in [-0.05, 0) is 67.3 Å². The molecular formula is C36H35FN2O7S. The number of rotatable bonds is 13. The van der Waals surface area contributed by atoms with E-state index in [-0.39, 0.29) is 24.2 Å². The van der Waals surface area contributed by atoms with Gasteiger partial charge >= 0.3 is 10.1 Å². The Morgan fingerprint density at radius 3 is 2.21 bits per heavy atom. The second-order valence-corrected chi connectivity index (χ2v) is 12.5. The second kappa shape index (κ2) is 15.4. The molecule has 2 amide bonds. The van der Waals surface area contributed by atoms with E-state index in [0.29, 0.717) is 31.1 Å². The van der Waals surface area contributed by atoms with Crippen molar-refractivity contribution in [3.63, 3.8) is 0 Å². The minimum atomic E-state index is -4.81. The van der Waals surface area contributed by atoms with Gasteiger partial charge in [0.15, 0.2) is 11.5 Å². The molecule has 47 heavy (non-hydrogen) atoms. The van der Waals surface area contributed by atoms with Gasteiger partial charge in [-0.2, -0.15) is 12.8 Å². The number of para-hydroxylation sites is 1. The quantitative estimate of drug-likeness (QED) is 0.184. The zero-order valence-electron chi connectivity index (χ0n) is 25.7. The maximum absolute atomic E-state index is 15.4. The van der Waals surface area contributed by atoms with Gasteiger partial charge in [0, 0.05) is 12.0 Å². The maximum Gasteiger partial charge on any atom is 0.366 e. The standard InChI is InChI=1S/C36H35FN2O7S/c1-25-12-14-27(15-13-25)22-31(39-35(40)28-17-19-32-33(23-28)45-21-20-44-32)36(41)38-29(18-16-26-8-4-2-5-9-26)24-34(37)47(42,43)46-30-10-6-3-7-11-30/h2-15,17,19,23-24,29,31H,16,18,20-22H2,1H3,(H,38,41)(H,39,40)/b34-24+/t29-,31-/m0/s1. The zero-order chi connectivity index (χ0) is 33.2. The maximum atomic E-state index is 15.4. The number of halogens is 1. The molecular weight excluding hydrogens is 623 g/mol. The topological polar surface area (TPSA) is 120 Å². The van der Waals surface area contributed by atoms with Crippen molar-refractivity contribution in [3.8, 4) is 17.2 Å². The Hall–Kier alpha value is -5.16. The van der Waals surface area contributed by atoms with Gasteiger partial charge in [-0.1, -0.05) is 78.4 Å². The van der Waals surface area contributed by atoms with Crippen molar-refractivity contribution in [2.24, 2.45) is 0 Å². The van der Waals surface area contributed by atoms with Gasteiger partial charge in [-0.15, -0.1) is 0 Å². The van der Waals surface area contributed by atoms with Crippen LogP contribution in [-0.4, -0.2) is 45.5 Å². The molecule has 0 aromatic heterocycles. The summed E-state index contributed by atoms with van der Waals surface area (Å²) in [4.78, 5) is 27.3. The van der Waals surface area contributed by atoms with Gasteiger partial charge in [0.2, 0.25) is 5.91 Å². The van der Waals surface area contributed by atoms with Gasteiger partial charge in [-0.25, -0.2) is 0 Å². The monoisotopic (exact) mass is 658 g/mol. The first kappa shape index (κ1) is 33.2. The SMILES string of the molecule is Cc1ccc(C[C@H](NC(=O)c2ccc3c(c2)OCCO3)C(=O)N[C@H](/C=C(\F)S(=O)(=O)Oc2ccccc2)CCc2ccccc2)cc1. The Morgan fingerprint density at radius 1 is 0.851 bits per heavy atom. The van der Waals surface area contributed by atoms with E-state index in [4.69, 9.17) is 13.7 Å². The summed E-state index contributed by atoms with van der Waals surface area (Å²) in [7, 11) is -4.81. The van der Waals surface area contributed by atoms with Crippen molar-refractivity contribution in [1.29, 1.82) is 0 Å². The van der Waals surface area contributed by atoms with Crippen LogP contribution in [0.3, 0.4) is 0 Å². The van der Waals surface area contributed by atoms with Gasteiger partial charge in [0.05, 0.1) is 6.04 Å². The number of hydrogen-bond donors (Lipinski definition) is 2. The van der Waals surface area contributed by atoms with Crippen LogP contribution in [0.15, 0.2) is 114 Å². The molecule has 1 aliphatic heterocycles. The van der Waals surface area contributed by atoms with E-state index in [1.807, 2.05) is 61.5 Å². The summed E-state index contributed by atoms with van der Waals surface area (Å²) in [6.45, 7) is 2.68. The fourth-order valence-corrected chi connectivity index (χ4v) is 5.70. The van der Waals surface area contributed by atoms with Crippen molar-refractivity contribution < 1.29 is 36.1 Å². The molecule has 4 aromatic rings. The molecule has 1 heterocycles. The van der Waals surface area contributed by atoms with Gasteiger partial charge in [0.25, 0.3) is 11.1 Å². The number of carbonyl (C=O) groups excluding carboxylic acids is 2. The van der Waals surface area contributed by atoms with Crippen LogP contribution in [0.5, 0.6) is 17.2 Å². The summed E-state index contributed by atoms with van der Waals surface area (Å²) in [5.74, 6) is -0.275. The number of ether oxygens (including phenoxy) is 2. The van der Waals surface area contributed by atoms with Crippen LogP contribution in [0.2, 0.25) is 0 Å². The average molecular weight is 659 g/mol. The minimum absolute atomic E-state index is 0.0547. The molecule has 0 saturated carbocycles. The Balaban J connectivity index is 1.39. The minimum Gasteiger partial charge on any atom is -0.486 e. The number of hydrogen-bond acceptors (Lipinski definition) is 7. The summed E-state index contributed by atoms with van der Waals surface area (Å²) in [5, 5.41) is 4.01. The van der Waals surface area contributed by atoms with Crippen LogP contribution in [0, 0.1) is 6.92 Å². The molecule has 5 rings (SSSR count). The van der Waals surface area contributed by atoms with E-state index in [1.165, 1.54) is 12.1 Å². The molecule has 0 unspecified atom stereocenters. The first-order chi connectivity index (χ1) is 22.7. The first-order valence-corrected chi connectivity index (χ1v) is 16.5. The largest absolute Gasteiger partial charge is 0.486 e. The molecule has 244 valence electrons. The third-order valence-electron chi connectivity index (χ3n) is 7.42. The number of aryl methyl sites for hydroxylation is 2. The Labute approximate surface area is 273 Å². The van der Waals surface area contributed by atoms with Crippen LogP contribution in [-0.2, 0) is 27.8 Å². The van der Waals surface area contributed by atoms with E-state index < -0.39 is 39.2 Å². The molecule has 2 N–H and O–H groups in total. The molecule has 9 nitrogen and oxygen atoms in total. The van der Waals surface area contributed by atoms with E-state index in [1.54, 1.807) is 36.4 Å². The smallest absolute Gasteiger partial charge is 0.366 e. The van der Waals surface area contributed by atoms with Crippen LogP contribution in [0.4, 0.5) is 4.39 Å². The average Bonchev–Trinajstić information content (AvgIpc) is 3.08. The lowest BCUT2D eigenvalue weighted by molar-refractivity contribution is -0.123. The summed E-state index contributed by atoms with van der Waals surface area (Å²) in [6, 6.07) is 27.0. The third kappa shape index (κ3) is 9.43. The number of carbonyl (C=O) groups is 2. The first-order valence-electron chi connectivity index (χ1n) is 15.1. The third-order valence-corrected chi connectivity index (χ3v) is 8.45. The van der Waals surface area contributed by atoms with Crippen LogP contribution >= 0.6 is 0 Å². The number of amides is 2. The lowest BCUT2D eigenvalue weighted by atomic mass is 10.0. The van der Waals surface area contributed by atoms with E-state index in [9.17, 15) is 18.0 Å². The molecule has 0 fully saturated rings. The van der Waals surface area contributed by atoms with Crippen LogP contribution in [0.1, 0.15) is 33.5 Å². The summed E-state index contributed by atoms with van der Waals surface area (Å²) < 4.78 is 56.9. The van der Waals surface area contributed by atoms with Crippen molar-refractivity contribution in [2.45, 2.75) is 38.3 Å². The number of benzene rings is 4. The summed E-state index contributed by atoms with van der Waals surface area (Å²) >= 11 is 0. The van der Waals surface area contributed by atoms with E-state index >= 15 is 4.39 Å². The second-order valence-electron chi connectivity index (χ2n) is 11.0. The lowest BCUT2D eigenvalue weighted by Crippen LogP contribution is -2.50. The molecule has 1 aliphatic rings. The summed E-state index contributed by atoms with van der Waals surface area (Å²) in [6.07, 6.45) is 1.51. The van der Waals surface area contributed by atoms with Gasteiger partial charge in [-0.3, -0.25) is 9.59 Å². The van der Waals surface area contributed by atoms with Crippen molar-refractivity contribution in [1.82, 2.24) is 10.6 Å². The van der Waals surface area contributed by atoms with Crippen LogP contribution in [0.25, 0.3) is 0 Å². The molecule has 0 aliphatic carbocycles.